The molecule has 1 saturated heterocycles. The largest absolute Gasteiger partial charge is 0.405 e. The number of alkyl halides is 3. The molecular weight excluding hydrogens is 229 g/mol. The molecule has 2 fully saturated rings. The number of fused-ring (bicyclic) bond motifs is 1. The van der Waals surface area contributed by atoms with Crippen LogP contribution in [0.2, 0.25) is 0 Å². The topological polar surface area (TPSA) is 29.3 Å². The van der Waals surface area contributed by atoms with Gasteiger partial charge in [-0.15, -0.1) is 0 Å². The van der Waals surface area contributed by atoms with Crippen molar-refractivity contribution in [2.75, 3.05) is 19.6 Å². The molecule has 0 amide bonds. The van der Waals surface area contributed by atoms with Crippen LogP contribution >= 0.6 is 0 Å². The van der Waals surface area contributed by atoms with Crippen LogP contribution in [0.3, 0.4) is 0 Å². The van der Waals surface area contributed by atoms with Gasteiger partial charge in [0.25, 0.3) is 0 Å². The molecule has 5 heteroatoms. The van der Waals surface area contributed by atoms with E-state index in [1.54, 1.807) is 4.90 Å². The first kappa shape index (κ1) is 13.1. The summed E-state index contributed by atoms with van der Waals surface area (Å²) in [5, 5.41) is 0. The van der Waals surface area contributed by atoms with Crippen molar-refractivity contribution >= 4 is 0 Å². The Morgan fingerprint density at radius 2 is 1.76 bits per heavy atom. The second-order valence-corrected chi connectivity index (χ2v) is 5.38. The third-order valence-corrected chi connectivity index (χ3v) is 4.36. The maximum Gasteiger partial charge on any atom is 0.405 e. The highest BCUT2D eigenvalue weighted by Gasteiger charge is 2.45. The number of nitrogens with zero attached hydrogens (tertiary/aromatic N) is 1. The van der Waals surface area contributed by atoms with Crippen LogP contribution in [-0.2, 0) is 0 Å². The van der Waals surface area contributed by atoms with E-state index in [1.807, 2.05) is 0 Å². The monoisotopic (exact) mass is 250 g/mol. The molecule has 0 radical (unpaired) electrons. The summed E-state index contributed by atoms with van der Waals surface area (Å²) in [6, 6.07) is -1.44. The van der Waals surface area contributed by atoms with Gasteiger partial charge in [-0.05, 0) is 31.2 Å². The zero-order valence-electron chi connectivity index (χ0n) is 10.0. The molecule has 0 spiro atoms. The van der Waals surface area contributed by atoms with E-state index in [0.717, 1.165) is 12.8 Å². The quantitative estimate of drug-likeness (QED) is 0.815. The van der Waals surface area contributed by atoms with Gasteiger partial charge in [0.1, 0.15) is 6.04 Å². The third kappa shape index (κ3) is 2.94. The number of halogens is 3. The molecule has 1 aliphatic heterocycles. The molecule has 1 heterocycles. The smallest absolute Gasteiger partial charge is 0.329 e. The lowest BCUT2D eigenvalue weighted by molar-refractivity contribution is -0.187. The third-order valence-electron chi connectivity index (χ3n) is 4.36. The lowest BCUT2D eigenvalue weighted by Gasteiger charge is -2.44. The number of hydrogen-bond acceptors (Lipinski definition) is 2. The van der Waals surface area contributed by atoms with Crippen LogP contribution < -0.4 is 5.73 Å². The Balaban J connectivity index is 1.98. The van der Waals surface area contributed by atoms with Gasteiger partial charge in [0.15, 0.2) is 0 Å². The molecule has 1 saturated carbocycles. The second kappa shape index (κ2) is 5.14. The molecule has 0 aromatic rings. The molecule has 100 valence electrons. The maximum atomic E-state index is 12.8. The van der Waals surface area contributed by atoms with Crippen molar-refractivity contribution in [1.29, 1.82) is 0 Å². The molecule has 17 heavy (non-hydrogen) atoms. The summed E-state index contributed by atoms with van der Waals surface area (Å²) in [5.74, 6) is 1.13. The summed E-state index contributed by atoms with van der Waals surface area (Å²) >= 11 is 0. The van der Waals surface area contributed by atoms with Gasteiger partial charge in [-0.1, -0.05) is 19.3 Å². The average molecular weight is 250 g/mol. The van der Waals surface area contributed by atoms with Crippen molar-refractivity contribution in [3.63, 3.8) is 0 Å². The summed E-state index contributed by atoms with van der Waals surface area (Å²) in [6.07, 6.45) is 1.46. The van der Waals surface area contributed by atoms with Crippen molar-refractivity contribution in [1.82, 2.24) is 4.90 Å². The van der Waals surface area contributed by atoms with Crippen LogP contribution in [-0.4, -0.2) is 36.8 Å². The highest BCUT2D eigenvalue weighted by Crippen LogP contribution is 2.38. The van der Waals surface area contributed by atoms with Gasteiger partial charge >= 0.3 is 6.18 Å². The van der Waals surface area contributed by atoms with Crippen molar-refractivity contribution in [3.05, 3.63) is 0 Å². The molecule has 3 unspecified atom stereocenters. The van der Waals surface area contributed by atoms with Gasteiger partial charge < -0.3 is 5.73 Å². The average Bonchev–Trinajstić information content (AvgIpc) is 2.28. The summed E-state index contributed by atoms with van der Waals surface area (Å²) in [6.45, 7) is 0.829. The Morgan fingerprint density at radius 1 is 1.12 bits per heavy atom. The van der Waals surface area contributed by atoms with E-state index in [9.17, 15) is 13.2 Å². The predicted molar refractivity (Wildman–Crippen MR) is 60.5 cm³/mol. The van der Waals surface area contributed by atoms with Crippen molar-refractivity contribution in [3.8, 4) is 0 Å². The highest BCUT2D eigenvalue weighted by atomic mass is 19.4. The van der Waals surface area contributed by atoms with E-state index in [4.69, 9.17) is 5.73 Å². The van der Waals surface area contributed by atoms with Crippen LogP contribution in [0.25, 0.3) is 0 Å². The first-order valence-electron chi connectivity index (χ1n) is 6.53. The van der Waals surface area contributed by atoms with E-state index < -0.39 is 12.2 Å². The first-order chi connectivity index (χ1) is 8.02. The number of piperidine rings is 1. The molecule has 2 nitrogen and oxygen atoms in total. The van der Waals surface area contributed by atoms with Crippen molar-refractivity contribution in [2.45, 2.75) is 44.3 Å². The molecule has 0 aromatic carbocycles. The summed E-state index contributed by atoms with van der Waals surface area (Å²) < 4.78 is 38.4. The molecule has 2 N–H and O–H groups in total. The van der Waals surface area contributed by atoms with E-state index in [1.165, 1.54) is 19.3 Å². The minimum absolute atomic E-state index is 0.319. The first-order valence-corrected chi connectivity index (χ1v) is 6.53. The van der Waals surface area contributed by atoms with Gasteiger partial charge in [-0.25, -0.2) is 0 Å². The fraction of sp³-hybridized carbons (Fsp3) is 1.00. The minimum atomic E-state index is -4.18. The maximum absolute atomic E-state index is 12.8. The molecular formula is C12H21F3N2. The van der Waals surface area contributed by atoms with Gasteiger partial charge in [-0.3, -0.25) is 4.90 Å². The highest BCUT2D eigenvalue weighted by molar-refractivity contribution is 4.89. The summed E-state index contributed by atoms with van der Waals surface area (Å²) in [5.41, 5.74) is 5.30. The number of likely N-dealkylation sites (tertiary alicyclic amines) is 1. The summed E-state index contributed by atoms with van der Waals surface area (Å²) in [7, 11) is 0. The summed E-state index contributed by atoms with van der Waals surface area (Å²) in [4.78, 5) is 1.56. The van der Waals surface area contributed by atoms with E-state index in [2.05, 4.69) is 0 Å². The fourth-order valence-corrected chi connectivity index (χ4v) is 3.40. The number of nitrogens with two attached hydrogens (primary N) is 1. The van der Waals surface area contributed by atoms with Crippen LogP contribution in [0.5, 0.6) is 0 Å². The molecule has 2 rings (SSSR count). The molecule has 0 bridgehead atoms. The molecule has 0 aromatic heterocycles. The zero-order valence-corrected chi connectivity index (χ0v) is 10.0. The van der Waals surface area contributed by atoms with Crippen molar-refractivity contribution in [2.24, 2.45) is 17.6 Å². The van der Waals surface area contributed by atoms with Gasteiger partial charge in [0.2, 0.25) is 0 Å². The van der Waals surface area contributed by atoms with Crippen molar-refractivity contribution < 1.29 is 13.2 Å². The Kier molecular flexibility index (Phi) is 3.98. The van der Waals surface area contributed by atoms with Crippen LogP contribution in [0, 0.1) is 11.8 Å². The predicted octanol–water partition coefficient (Wildman–Crippen LogP) is 2.39. The SMILES string of the molecule is NCC(N1CCC2CCCCC2C1)C(F)(F)F. The van der Waals surface area contributed by atoms with Crippen LogP contribution in [0.15, 0.2) is 0 Å². The second-order valence-electron chi connectivity index (χ2n) is 5.38. The Morgan fingerprint density at radius 3 is 2.35 bits per heavy atom. The van der Waals surface area contributed by atoms with E-state index in [0.29, 0.717) is 24.9 Å². The lowest BCUT2D eigenvalue weighted by Crippen LogP contribution is -2.55. The van der Waals surface area contributed by atoms with Crippen LogP contribution in [0.1, 0.15) is 32.1 Å². The van der Waals surface area contributed by atoms with E-state index in [-0.39, 0.29) is 6.54 Å². The fourth-order valence-electron chi connectivity index (χ4n) is 3.40. The number of hydrogen-bond donors (Lipinski definition) is 1. The molecule has 2 aliphatic rings. The normalized spacial score (nSPS) is 33.2. The Bertz CT molecular complexity index is 255. The standard InChI is InChI=1S/C12H21F3N2/c13-12(14,15)11(7-16)17-6-5-9-3-1-2-4-10(9)8-17/h9-11H,1-8,16H2. The zero-order chi connectivity index (χ0) is 12.5. The van der Waals surface area contributed by atoms with Gasteiger partial charge in [0, 0.05) is 13.1 Å². The Hall–Kier alpha value is -0.290. The lowest BCUT2D eigenvalue weighted by atomic mass is 9.75. The number of rotatable bonds is 2. The Labute approximate surface area is 100 Å². The molecule has 3 atom stereocenters. The van der Waals surface area contributed by atoms with Gasteiger partial charge in [0.05, 0.1) is 0 Å². The van der Waals surface area contributed by atoms with Gasteiger partial charge in [-0.2, -0.15) is 13.2 Å². The van der Waals surface area contributed by atoms with E-state index >= 15 is 0 Å². The van der Waals surface area contributed by atoms with Crippen LogP contribution in [0.4, 0.5) is 13.2 Å². The molecule has 1 aliphatic carbocycles. The minimum Gasteiger partial charge on any atom is -0.329 e.